The third kappa shape index (κ3) is 11.9. The molecule has 0 saturated carbocycles. The van der Waals surface area contributed by atoms with E-state index in [0.717, 1.165) is 12.8 Å². The smallest absolute Gasteiger partial charge is 0.407 e. The Bertz CT molecular complexity index is 252. The van der Waals surface area contributed by atoms with E-state index < -0.39 is 5.60 Å². The second-order valence-electron chi connectivity index (χ2n) is 5.75. The molecule has 0 saturated heterocycles. The normalized spacial score (nSPS) is 13.4. The van der Waals surface area contributed by atoms with Crippen molar-refractivity contribution >= 4 is 6.09 Å². The van der Waals surface area contributed by atoms with Gasteiger partial charge in [-0.1, -0.05) is 0 Å². The predicted octanol–water partition coefficient (Wildman–Crippen LogP) is 1.37. The van der Waals surface area contributed by atoms with Crippen molar-refractivity contribution in [3.63, 3.8) is 0 Å². The maximum absolute atomic E-state index is 11.4. The molecule has 0 rings (SSSR count). The number of hydrogen-bond donors (Lipinski definition) is 2. The summed E-state index contributed by atoms with van der Waals surface area (Å²) in [6.45, 7) is 6.79. The summed E-state index contributed by atoms with van der Waals surface area (Å²) in [6, 6.07) is 0.250. The van der Waals surface area contributed by atoms with E-state index in [1.807, 2.05) is 39.9 Å². The van der Waals surface area contributed by atoms with E-state index in [9.17, 15) is 4.79 Å². The van der Waals surface area contributed by atoms with Gasteiger partial charge in [-0.15, -0.1) is 0 Å². The van der Waals surface area contributed by atoms with Crippen molar-refractivity contribution in [1.82, 2.24) is 15.8 Å². The van der Waals surface area contributed by atoms with Crippen molar-refractivity contribution < 1.29 is 14.3 Å². The van der Waals surface area contributed by atoms with Crippen LogP contribution < -0.4 is 10.7 Å². The Balaban J connectivity index is 3.78. The number of methoxy groups -OCH3 is 1. The number of ether oxygens (including phenoxy) is 2. The Morgan fingerprint density at radius 1 is 1.32 bits per heavy atom. The van der Waals surface area contributed by atoms with Crippen LogP contribution in [0, 0.1) is 0 Å². The molecule has 19 heavy (non-hydrogen) atoms. The third-order valence-electron chi connectivity index (χ3n) is 2.21. The summed E-state index contributed by atoms with van der Waals surface area (Å²) in [7, 11) is 5.58. The average Bonchev–Trinajstić information content (AvgIpc) is 2.21. The van der Waals surface area contributed by atoms with Gasteiger partial charge in [-0.2, -0.15) is 0 Å². The van der Waals surface area contributed by atoms with Gasteiger partial charge in [-0.25, -0.2) is 4.79 Å². The van der Waals surface area contributed by atoms with Gasteiger partial charge in [-0.05, 0) is 33.6 Å². The van der Waals surface area contributed by atoms with Gasteiger partial charge in [-0.3, -0.25) is 10.4 Å². The molecule has 1 unspecified atom stereocenters. The van der Waals surface area contributed by atoms with E-state index >= 15 is 0 Å². The summed E-state index contributed by atoms with van der Waals surface area (Å²) in [5, 5.41) is 4.65. The second kappa shape index (κ2) is 9.12. The minimum Gasteiger partial charge on any atom is -0.444 e. The molecule has 0 aliphatic heterocycles. The van der Waals surface area contributed by atoms with Crippen LogP contribution >= 0.6 is 0 Å². The first-order valence-electron chi connectivity index (χ1n) is 6.64. The molecule has 0 fully saturated rings. The molecule has 114 valence electrons. The molecule has 1 atom stereocenters. The van der Waals surface area contributed by atoms with Gasteiger partial charge < -0.3 is 14.8 Å². The van der Waals surface area contributed by atoms with Crippen molar-refractivity contribution in [2.75, 3.05) is 34.4 Å². The SMILES string of the molecule is COCC(CCCNC(=O)OC(C)(C)C)NN(C)C. The minimum absolute atomic E-state index is 0.250. The minimum atomic E-state index is -0.449. The van der Waals surface area contributed by atoms with Gasteiger partial charge >= 0.3 is 6.09 Å². The molecule has 2 N–H and O–H groups in total. The van der Waals surface area contributed by atoms with Crippen LogP contribution in [0.1, 0.15) is 33.6 Å². The van der Waals surface area contributed by atoms with Gasteiger partial charge in [0.15, 0.2) is 0 Å². The van der Waals surface area contributed by atoms with Crippen molar-refractivity contribution in [3.05, 3.63) is 0 Å². The van der Waals surface area contributed by atoms with Gasteiger partial charge in [0.1, 0.15) is 5.60 Å². The number of alkyl carbamates (subject to hydrolysis) is 1. The van der Waals surface area contributed by atoms with E-state index in [1.165, 1.54) is 0 Å². The fourth-order valence-electron chi connectivity index (χ4n) is 1.60. The highest BCUT2D eigenvalue weighted by molar-refractivity contribution is 5.67. The molecule has 1 amide bonds. The van der Waals surface area contributed by atoms with E-state index in [-0.39, 0.29) is 12.1 Å². The highest BCUT2D eigenvalue weighted by atomic mass is 16.6. The quantitative estimate of drug-likeness (QED) is 0.517. The van der Waals surface area contributed by atoms with Crippen molar-refractivity contribution in [3.8, 4) is 0 Å². The number of carbonyl (C=O) groups is 1. The van der Waals surface area contributed by atoms with Crippen LogP contribution in [0.25, 0.3) is 0 Å². The highest BCUT2D eigenvalue weighted by Gasteiger charge is 2.15. The average molecular weight is 275 g/mol. The van der Waals surface area contributed by atoms with Gasteiger partial charge in [0, 0.05) is 33.8 Å². The Hall–Kier alpha value is -0.850. The third-order valence-corrected chi connectivity index (χ3v) is 2.21. The fraction of sp³-hybridized carbons (Fsp3) is 0.923. The number of hydrazine groups is 1. The first-order valence-corrected chi connectivity index (χ1v) is 6.64. The summed E-state index contributed by atoms with van der Waals surface area (Å²) in [5.74, 6) is 0. The predicted molar refractivity (Wildman–Crippen MR) is 76.0 cm³/mol. The molecule has 0 aliphatic carbocycles. The van der Waals surface area contributed by atoms with Crippen LogP contribution in [-0.2, 0) is 9.47 Å². The maximum Gasteiger partial charge on any atom is 0.407 e. The van der Waals surface area contributed by atoms with Crippen LogP contribution in [0.15, 0.2) is 0 Å². The number of rotatable bonds is 8. The first-order chi connectivity index (χ1) is 8.74. The van der Waals surface area contributed by atoms with E-state index in [0.29, 0.717) is 13.2 Å². The van der Waals surface area contributed by atoms with Crippen molar-refractivity contribution in [2.45, 2.75) is 45.3 Å². The number of nitrogens with zero attached hydrogens (tertiary/aromatic N) is 1. The molecule has 0 aliphatic rings. The first kappa shape index (κ1) is 18.1. The van der Waals surface area contributed by atoms with Crippen molar-refractivity contribution in [1.29, 1.82) is 0 Å². The molecule has 0 aromatic carbocycles. The molecule has 0 aromatic heterocycles. The van der Waals surface area contributed by atoms with Crippen LogP contribution in [0.4, 0.5) is 4.79 Å². The standard InChI is InChI=1S/C13H29N3O3/c1-13(2,3)19-12(17)14-9-7-8-11(10-18-6)15-16(4)5/h11,15H,7-10H2,1-6H3,(H,14,17). The summed E-state index contributed by atoms with van der Waals surface area (Å²) in [6.07, 6.45) is 1.42. The van der Waals surface area contributed by atoms with Crippen LogP contribution in [0.3, 0.4) is 0 Å². The Kier molecular flexibility index (Phi) is 8.71. The monoisotopic (exact) mass is 275 g/mol. The molecule has 0 radical (unpaired) electrons. The number of nitrogens with one attached hydrogen (secondary N) is 2. The Labute approximate surface area is 116 Å². The number of amides is 1. The maximum atomic E-state index is 11.4. The molecule has 0 spiro atoms. The lowest BCUT2D eigenvalue weighted by atomic mass is 10.2. The molecule has 0 bridgehead atoms. The zero-order valence-electron chi connectivity index (χ0n) is 13.1. The van der Waals surface area contributed by atoms with Gasteiger partial charge in [0.25, 0.3) is 0 Å². The number of hydrogen-bond acceptors (Lipinski definition) is 5. The lowest BCUT2D eigenvalue weighted by Crippen LogP contribution is -2.42. The zero-order valence-corrected chi connectivity index (χ0v) is 13.1. The summed E-state index contributed by atoms with van der Waals surface area (Å²) in [5.41, 5.74) is 2.82. The fourth-order valence-corrected chi connectivity index (χ4v) is 1.60. The highest BCUT2D eigenvalue weighted by Crippen LogP contribution is 2.06. The lowest BCUT2D eigenvalue weighted by Gasteiger charge is -2.23. The topological polar surface area (TPSA) is 62.8 Å². The lowest BCUT2D eigenvalue weighted by molar-refractivity contribution is 0.0525. The number of carbonyl (C=O) groups excluding carboxylic acids is 1. The van der Waals surface area contributed by atoms with Crippen molar-refractivity contribution in [2.24, 2.45) is 0 Å². The Morgan fingerprint density at radius 2 is 1.95 bits per heavy atom. The molecule has 0 heterocycles. The van der Waals surface area contributed by atoms with E-state index in [4.69, 9.17) is 9.47 Å². The van der Waals surface area contributed by atoms with Crippen LogP contribution in [-0.4, -0.2) is 57.1 Å². The van der Waals surface area contributed by atoms with Gasteiger partial charge in [0.05, 0.1) is 6.61 Å². The molecular weight excluding hydrogens is 246 g/mol. The van der Waals surface area contributed by atoms with E-state index in [1.54, 1.807) is 7.11 Å². The van der Waals surface area contributed by atoms with E-state index in [2.05, 4.69) is 10.7 Å². The van der Waals surface area contributed by atoms with Crippen LogP contribution in [0.5, 0.6) is 0 Å². The molecule has 6 heteroatoms. The molecular formula is C13H29N3O3. The second-order valence-corrected chi connectivity index (χ2v) is 5.75. The Morgan fingerprint density at radius 3 is 2.42 bits per heavy atom. The zero-order chi connectivity index (χ0) is 14.9. The van der Waals surface area contributed by atoms with Gasteiger partial charge in [0.2, 0.25) is 0 Å². The molecule has 0 aromatic rings. The summed E-state index contributed by atoms with van der Waals surface area (Å²) < 4.78 is 10.3. The van der Waals surface area contributed by atoms with Crippen LogP contribution in [0.2, 0.25) is 0 Å². The largest absolute Gasteiger partial charge is 0.444 e. The summed E-state index contributed by atoms with van der Waals surface area (Å²) >= 11 is 0. The summed E-state index contributed by atoms with van der Waals surface area (Å²) in [4.78, 5) is 11.4. The molecule has 6 nitrogen and oxygen atoms in total.